The number of aliphatic carboxylic acids is 1. The molecular weight excluding hydrogens is 298 g/mol. The van der Waals surface area contributed by atoms with E-state index in [2.05, 4.69) is 4.74 Å². The number of nitrogens with zero attached hydrogens (tertiary/aromatic N) is 1. The summed E-state index contributed by atoms with van der Waals surface area (Å²) in [5.74, 6) is -0.208. The van der Waals surface area contributed by atoms with E-state index in [0.717, 1.165) is 0 Å². The van der Waals surface area contributed by atoms with E-state index < -0.39 is 11.9 Å². The third-order valence-electron chi connectivity index (χ3n) is 3.05. The highest BCUT2D eigenvalue weighted by Gasteiger charge is 2.15. The second-order valence-electron chi connectivity index (χ2n) is 4.73. The van der Waals surface area contributed by atoms with E-state index in [0.29, 0.717) is 17.2 Å². The van der Waals surface area contributed by atoms with Crippen molar-refractivity contribution in [1.29, 1.82) is 0 Å². The van der Waals surface area contributed by atoms with Crippen LogP contribution in [-0.4, -0.2) is 37.2 Å². The predicted octanol–water partition coefficient (Wildman–Crippen LogP) is 2.54. The molecule has 0 amide bonds. The molecule has 0 aliphatic carbocycles. The highest BCUT2D eigenvalue weighted by atomic mass is 16.5. The van der Waals surface area contributed by atoms with Crippen LogP contribution in [0.5, 0.6) is 11.5 Å². The topological polar surface area (TPSA) is 76.1 Å². The van der Waals surface area contributed by atoms with Crippen molar-refractivity contribution in [3.63, 3.8) is 0 Å². The summed E-state index contributed by atoms with van der Waals surface area (Å²) in [5.41, 5.74) is 0.596. The van der Waals surface area contributed by atoms with Crippen molar-refractivity contribution >= 4 is 17.6 Å². The van der Waals surface area contributed by atoms with Crippen LogP contribution >= 0.6 is 0 Å². The van der Waals surface area contributed by atoms with Crippen LogP contribution in [-0.2, 0) is 14.3 Å². The SMILES string of the molecule is COC(=O)CN(CC(=O)O)c1ccc(Oc2ccccc2)cc1. The molecule has 0 saturated carbocycles. The van der Waals surface area contributed by atoms with Crippen LogP contribution < -0.4 is 9.64 Å². The fourth-order valence-electron chi connectivity index (χ4n) is 1.97. The highest BCUT2D eigenvalue weighted by Crippen LogP contribution is 2.24. The first-order chi connectivity index (χ1) is 11.1. The van der Waals surface area contributed by atoms with Crippen molar-refractivity contribution in [1.82, 2.24) is 0 Å². The summed E-state index contributed by atoms with van der Waals surface area (Å²) in [4.78, 5) is 23.8. The largest absolute Gasteiger partial charge is 0.480 e. The fourth-order valence-corrected chi connectivity index (χ4v) is 1.97. The molecule has 23 heavy (non-hydrogen) atoms. The molecule has 0 atom stereocenters. The summed E-state index contributed by atoms with van der Waals surface area (Å²) in [6, 6.07) is 16.1. The van der Waals surface area contributed by atoms with Crippen molar-refractivity contribution in [3.8, 4) is 11.5 Å². The number of carbonyl (C=O) groups excluding carboxylic acids is 1. The zero-order valence-corrected chi connectivity index (χ0v) is 12.6. The molecule has 6 heteroatoms. The number of methoxy groups -OCH3 is 1. The van der Waals surface area contributed by atoms with Crippen LogP contribution in [0, 0.1) is 0 Å². The molecule has 2 aromatic rings. The van der Waals surface area contributed by atoms with Gasteiger partial charge in [0.1, 0.15) is 24.6 Å². The van der Waals surface area contributed by atoms with Crippen LogP contribution in [0.15, 0.2) is 54.6 Å². The minimum Gasteiger partial charge on any atom is -0.480 e. The molecule has 0 aromatic heterocycles. The maximum Gasteiger partial charge on any atom is 0.325 e. The third kappa shape index (κ3) is 5.03. The molecule has 0 fully saturated rings. The van der Waals surface area contributed by atoms with Gasteiger partial charge in [0.15, 0.2) is 0 Å². The molecule has 0 saturated heterocycles. The summed E-state index contributed by atoms with van der Waals surface area (Å²) < 4.78 is 10.3. The number of rotatable bonds is 7. The molecule has 1 N–H and O–H groups in total. The van der Waals surface area contributed by atoms with Gasteiger partial charge in [-0.25, -0.2) is 0 Å². The number of hydrogen-bond donors (Lipinski definition) is 1. The Morgan fingerprint density at radius 3 is 2.13 bits per heavy atom. The minimum absolute atomic E-state index is 0.137. The monoisotopic (exact) mass is 315 g/mol. The number of esters is 1. The first kappa shape index (κ1) is 16.4. The highest BCUT2D eigenvalue weighted by molar-refractivity contribution is 5.80. The maximum atomic E-state index is 11.4. The number of benzene rings is 2. The first-order valence-electron chi connectivity index (χ1n) is 6.95. The zero-order valence-electron chi connectivity index (χ0n) is 12.6. The van der Waals surface area contributed by atoms with E-state index >= 15 is 0 Å². The third-order valence-corrected chi connectivity index (χ3v) is 3.05. The quantitative estimate of drug-likeness (QED) is 0.791. The number of carbonyl (C=O) groups is 2. The minimum atomic E-state index is -1.03. The second-order valence-corrected chi connectivity index (χ2v) is 4.73. The van der Waals surface area contributed by atoms with E-state index in [4.69, 9.17) is 9.84 Å². The lowest BCUT2D eigenvalue weighted by Gasteiger charge is -2.21. The number of ether oxygens (including phenoxy) is 2. The Kier molecular flexibility index (Phi) is 5.57. The van der Waals surface area contributed by atoms with Crippen molar-refractivity contribution in [2.75, 3.05) is 25.1 Å². The maximum absolute atomic E-state index is 11.4. The molecule has 0 heterocycles. The van der Waals surface area contributed by atoms with E-state index in [1.807, 2.05) is 30.3 Å². The predicted molar refractivity (Wildman–Crippen MR) is 84.8 cm³/mol. The Bertz CT molecular complexity index is 654. The van der Waals surface area contributed by atoms with Crippen molar-refractivity contribution in [2.45, 2.75) is 0 Å². The van der Waals surface area contributed by atoms with Gasteiger partial charge in [0.2, 0.25) is 0 Å². The van der Waals surface area contributed by atoms with Crippen LogP contribution in [0.1, 0.15) is 0 Å². The van der Waals surface area contributed by atoms with Gasteiger partial charge in [-0.3, -0.25) is 9.59 Å². The number of carboxylic acid groups (broad SMARTS) is 1. The summed E-state index contributed by atoms with van der Waals surface area (Å²) in [7, 11) is 1.26. The Balaban J connectivity index is 2.11. The van der Waals surface area contributed by atoms with Gasteiger partial charge in [0.25, 0.3) is 0 Å². The van der Waals surface area contributed by atoms with E-state index in [9.17, 15) is 9.59 Å². The number of anilines is 1. The molecule has 0 bridgehead atoms. The van der Waals surface area contributed by atoms with Gasteiger partial charge in [-0.1, -0.05) is 18.2 Å². The number of para-hydroxylation sites is 1. The standard InChI is InChI=1S/C17H17NO5/c1-22-17(21)12-18(11-16(19)20)13-7-9-15(10-8-13)23-14-5-3-2-4-6-14/h2-10H,11-12H2,1H3,(H,19,20). The van der Waals surface area contributed by atoms with E-state index in [1.165, 1.54) is 12.0 Å². The lowest BCUT2D eigenvalue weighted by molar-refractivity contribution is -0.139. The average molecular weight is 315 g/mol. The summed E-state index contributed by atoms with van der Waals surface area (Å²) in [6.07, 6.45) is 0. The molecule has 2 aromatic carbocycles. The lowest BCUT2D eigenvalue weighted by Crippen LogP contribution is -2.35. The average Bonchev–Trinajstić information content (AvgIpc) is 2.55. The lowest BCUT2D eigenvalue weighted by atomic mass is 10.2. The molecule has 0 aliphatic heterocycles. The van der Waals surface area contributed by atoms with Crippen LogP contribution in [0.4, 0.5) is 5.69 Å². The van der Waals surface area contributed by atoms with Gasteiger partial charge < -0.3 is 19.5 Å². The Labute approximate surface area is 133 Å². The van der Waals surface area contributed by atoms with E-state index in [1.54, 1.807) is 24.3 Å². The summed E-state index contributed by atoms with van der Waals surface area (Å²) >= 11 is 0. The molecular formula is C17H17NO5. The van der Waals surface area contributed by atoms with Crippen molar-refractivity contribution in [2.24, 2.45) is 0 Å². The molecule has 0 radical (unpaired) electrons. The van der Waals surface area contributed by atoms with Crippen LogP contribution in [0.3, 0.4) is 0 Å². The molecule has 6 nitrogen and oxygen atoms in total. The first-order valence-corrected chi connectivity index (χ1v) is 6.95. The number of carboxylic acids is 1. The Morgan fingerprint density at radius 2 is 1.57 bits per heavy atom. The Morgan fingerprint density at radius 1 is 0.957 bits per heavy atom. The van der Waals surface area contributed by atoms with Gasteiger partial charge in [0.05, 0.1) is 7.11 Å². The Hall–Kier alpha value is -3.02. The van der Waals surface area contributed by atoms with Crippen LogP contribution in [0.2, 0.25) is 0 Å². The van der Waals surface area contributed by atoms with Gasteiger partial charge in [0, 0.05) is 5.69 Å². The zero-order chi connectivity index (χ0) is 16.7. The molecule has 2 rings (SSSR count). The van der Waals surface area contributed by atoms with Gasteiger partial charge in [-0.15, -0.1) is 0 Å². The molecule has 120 valence electrons. The second kappa shape index (κ2) is 7.84. The molecule has 0 aliphatic rings. The normalized spacial score (nSPS) is 9.96. The van der Waals surface area contributed by atoms with Gasteiger partial charge in [-0.2, -0.15) is 0 Å². The van der Waals surface area contributed by atoms with Crippen LogP contribution in [0.25, 0.3) is 0 Å². The van der Waals surface area contributed by atoms with E-state index in [-0.39, 0.29) is 13.1 Å². The molecule has 0 spiro atoms. The van der Waals surface area contributed by atoms with Gasteiger partial charge in [-0.05, 0) is 36.4 Å². The number of hydrogen-bond acceptors (Lipinski definition) is 5. The smallest absolute Gasteiger partial charge is 0.325 e. The van der Waals surface area contributed by atoms with Crippen molar-refractivity contribution in [3.05, 3.63) is 54.6 Å². The fraction of sp³-hybridized carbons (Fsp3) is 0.176. The van der Waals surface area contributed by atoms with Crippen molar-refractivity contribution < 1.29 is 24.2 Å². The molecule has 0 unspecified atom stereocenters. The summed E-state index contributed by atoms with van der Waals surface area (Å²) in [5, 5.41) is 8.96. The summed E-state index contributed by atoms with van der Waals surface area (Å²) in [6.45, 7) is -0.435. The van der Waals surface area contributed by atoms with Gasteiger partial charge >= 0.3 is 11.9 Å².